The Morgan fingerprint density at radius 2 is 1.75 bits per heavy atom. The molecule has 1 heterocycles. The minimum atomic E-state index is -0.486. The van der Waals surface area contributed by atoms with E-state index in [9.17, 15) is 9.59 Å². The van der Waals surface area contributed by atoms with Crippen molar-refractivity contribution >= 4 is 33.5 Å². The van der Waals surface area contributed by atoms with Crippen LogP contribution in [0, 0.1) is 0 Å². The molecular formula is C23H19N3O2. The second kappa shape index (κ2) is 7.12. The first-order chi connectivity index (χ1) is 13.5. The van der Waals surface area contributed by atoms with Gasteiger partial charge in [0, 0.05) is 30.7 Å². The van der Waals surface area contributed by atoms with Crippen LogP contribution in [0.3, 0.4) is 0 Å². The van der Waals surface area contributed by atoms with Crippen LogP contribution in [0.5, 0.6) is 0 Å². The van der Waals surface area contributed by atoms with Crippen LogP contribution in [0.25, 0.3) is 21.7 Å². The lowest BCUT2D eigenvalue weighted by Gasteiger charge is -2.19. The molecule has 138 valence electrons. The highest BCUT2D eigenvalue weighted by Gasteiger charge is 2.18. The zero-order valence-electron chi connectivity index (χ0n) is 15.4. The standard InChI is InChI=1S/C23H19N3O2/c1-26(14-15-6-4-8-17(12-15)22(24)27)23(28)20-13-16-7-2-3-9-18(16)19-10-5-11-25-21(19)20/h2-13H,14H2,1H3,(H2,24,27). The maximum absolute atomic E-state index is 13.2. The van der Waals surface area contributed by atoms with Gasteiger partial charge < -0.3 is 10.6 Å². The molecule has 0 atom stereocenters. The van der Waals surface area contributed by atoms with Gasteiger partial charge in [0.05, 0.1) is 11.1 Å². The number of nitrogens with two attached hydrogens (primary N) is 1. The van der Waals surface area contributed by atoms with Crippen molar-refractivity contribution in [3.05, 3.63) is 89.6 Å². The van der Waals surface area contributed by atoms with Crippen LogP contribution in [-0.2, 0) is 6.54 Å². The Bertz CT molecular complexity index is 1220. The third-order valence-corrected chi connectivity index (χ3v) is 4.82. The Balaban J connectivity index is 1.73. The van der Waals surface area contributed by atoms with Crippen LogP contribution in [0.2, 0.25) is 0 Å². The molecule has 4 aromatic rings. The molecule has 0 saturated heterocycles. The number of hydrogen-bond acceptors (Lipinski definition) is 3. The minimum Gasteiger partial charge on any atom is -0.366 e. The third kappa shape index (κ3) is 3.18. The van der Waals surface area contributed by atoms with Gasteiger partial charge in [-0.05, 0) is 40.6 Å². The van der Waals surface area contributed by atoms with Crippen LogP contribution < -0.4 is 5.73 Å². The maximum atomic E-state index is 13.2. The summed E-state index contributed by atoms with van der Waals surface area (Å²) in [6.07, 6.45) is 1.70. The van der Waals surface area contributed by atoms with Crippen molar-refractivity contribution in [1.82, 2.24) is 9.88 Å². The van der Waals surface area contributed by atoms with Gasteiger partial charge in [-0.15, -0.1) is 0 Å². The smallest absolute Gasteiger partial charge is 0.256 e. The fourth-order valence-corrected chi connectivity index (χ4v) is 3.47. The molecule has 4 rings (SSSR count). The minimum absolute atomic E-state index is 0.126. The van der Waals surface area contributed by atoms with Gasteiger partial charge in [-0.3, -0.25) is 14.6 Å². The molecule has 0 aliphatic carbocycles. The molecule has 0 saturated carbocycles. The van der Waals surface area contributed by atoms with E-state index in [0.717, 1.165) is 21.7 Å². The van der Waals surface area contributed by atoms with Crippen molar-refractivity contribution < 1.29 is 9.59 Å². The first-order valence-corrected chi connectivity index (χ1v) is 8.95. The van der Waals surface area contributed by atoms with Crippen LogP contribution in [0.4, 0.5) is 0 Å². The van der Waals surface area contributed by atoms with Crippen LogP contribution in [0.15, 0.2) is 72.9 Å². The Morgan fingerprint density at radius 1 is 0.964 bits per heavy atom. The van der Waals surface area contributed by atoms with E-state index in [2.05, 4.69) is 4.98 Å². The lowest BCUT2D eigenvalue weighted by molar-refractivity contribution is 0.0787. The fourth-order valence-electron chi connectivity index (χ4n) is 3.47. The summed E-state index contributed by atoms with van der Waals surface area (Å²) >= 11 is 0. The molecule has 0 fully saturated rings. The second-order valence-corrected chi connectivity index (χ2v) is 6.77. The van der Waals surface area contributed by atoms with E-state index >= 15 is 0 Å². The van der Waals surface area contributed by atoms with Gasteiger partial charge in [-0.1, -0.05) is 42.5 Å². The topological polar surface area (TPSA) is 76.3 Å². The zero-order chi connectivity index (χ0) is 19.7. The van der Waals surface area contributed by atoms with Crippen molar-refractivity contribution in [2.75, 3.05) is 7.05 Å². The number of pyridine rings is 1. The number of fused-ring (bicyclic) bond motifs is 3. The largest absolute Gasteiger partial charge is 0.366 e. The van der Waals surface area contributed by atoms with E-state index < -0.39 is 5.91 Å². The molecule has 1 aromatic heterocycles. The summed E-state index contributed by atoms with van der Waals surface area (Å²) in [4.78, 5) is 30.7. The van der Waals surface area contributed by atoms with Crippen LogP contribution in [0.1, 0.15) is 26.3 Å². The van der Waals surface area contributed by atoms with Gasteiger partial charge in [0.15, 0.2) is 0 Å². The summed E-state index contributed by atoms with van der Waals surface area (Å²) < 4.78 is 0. The van der Waals surface area contributed by atoms with Crippen molar-refractivity contribution in [3.63, 3.8) is 0 Å². The number of hydrogen-bond donors (Lipinski definition) is 1. The summed E-state index contributed by atoms with van der Waals surface area (Å²) in [5, 5.41) is 3.02. The van der Waals surface area contributed by atoms with E-state index in [-0.39, 0.29) is 5.91 Å². The average molecular weight is 369 g/mol. The maximum Gasteiger partial charge on any atom is 0.256 e. The monoisotopic (exact) mass is 369 g/mol. The predicted molar refractivity (Wildman–Crippen MR) is 110 cm³/mol. The molecule has 0 bridgehead atoms. The summed E-state index contributed by atoms with van der Waals surface area (Å²) in [7, 11) is 1.74. The van der Waals surface area contributed by atoms with E-state index in [4.69, 9.17) is 5.73 Å². The Labute approximate surface area is 162 Å². The quantitative estimate of drug-likeness (QED) is 0.557. The summed E-state index contributed by atoms with van der Waals surface area (Å²) in [5.41, 5.74) is 7.86. The Hall–Kier alpha value is -3.73. The van der Waals surface area contributed by atoms with Crippen LogP contribution in [-0.4, -0.2) is 28.7 Å². The third-order valence-electron chi connectivity index (χ3n) is 4.82. The summed E-state index contributed by atoms with van der Waals surface area (Å²) in [5.74, 6) is -0.612. The highest BCUT2D eigenvalue weighted by molar-refractivity contribution is 6.15. The Morgan fingerprint density at radius 3 is 2.57 bits per heavy atom. The molecular weight excluding hydrogens is 350 g/mol. The van der Waals surface area contributed by atoms with E-state index in [1.54, 1.807) is 36.3 Å². The molecule has 0 aliphatic heterocycles. The van der Waals surface area contributed by atoms with E-state index in [0.29, 0.717) is 23.2 Å². The molecule has 5 nitrogen and oxygen atoms in total. The van der Waals surface area contributed by atoms with Gasteiger partial charge in [0.2, 0.25) is 5.91 Å². The molecule has 0 aliphatic rings. The molecule has 0 unspecified atom stereocenters. The van der Waals surface area contributed by atoms with Gasteiger partial charge in [0.1, 0.15) is 0 Å². The molecule has 0 radical (unpaired) electrons. The molecule has 5 heteroatoms. The van der Waals surface area contributed by atoms with Crippen molar-refractivity contribution in [2.24, 2.45) is 5.73 Å². The number of carbonyl (C=O) groups is 2. The first-order valence-electron chi connectivity index (χ1n) is 8.95. The number of carbonyl (C=O) groups excluding carboxylic acids is 2. The normalized spacial score (nSPS) is 10.9. The molecule has 0 spiro atoms. The molecule has 28 heavy (non-hydrogen) atoms. The molecule has 2 amide bonds. The van der Waals surface area contributed by atoms with Crippen LogP contribution >= 0.6 is 0 Å². The summed E-state index contributed by atoms with van der Waals surface area (Å²) in [6, 6.07) is 20.7. The van der Waals surface area contributed by atoms with Gasteiger partial charge in [-0.2, -0.15) is 0 Å². The van der Waals surface area contributed by atoms with Crippen molar-refractivity contribution in [2.45, 2.75) is 6.54 Å². The highest BCUT2D eigenvalue weighted by atomic mass is 16.2. The predicted octanol–water partition coefficient (Wildman–Crippen LogP) is 3.76. The first kappa shape index (κ1) is 17.7. The number of aromatic nitrogens is 1. The van der Waals surface area contributed by atoms with E-state index in [1.807, 2.05) is 48.5 Å². The lowest BCUT2D eigenvalue weighted by Crippen LogP contribution is -2.26. The van der Waals surface area contributed by atoms with Crippen molar-refractivity contribution in [1.29, 1.82) is 0 Å². The SMILES string of the molecule is CN(Cc1cccc(C(N)=O)c1)C(=O)c1cc2ccccc2c2cccnc12. The number of benzene rings is 3. The van der Waals surface area contributed by atoms with Crippen molar-refractivity contribution in [3.8, 4) is 0 Å². The fraction of sp³-hybridized carbons (Fsp3) is 0.0870. The average Bonchev–Trinajstić information content (AvgIpc) is 2.72. The van der Waals surface area contributed by atoms with Gasteiger partial charge >= 0.3 is 0 Å². The zero-order valence-corrected chi connectivity index (χ0v) is 15.4. The summed E-state index contributed by atoms with van der Waals surface area (Å²) in [6.45, 7) is 0.362. The molecule has 2 N–H and O–H groups in total. The number of nitrogens with zero attached hydrogens (tertiary/aromatic N) is 2. The van der Waals surface area contributed by atoms with Gasteiger partial charge in [0.25, 0.3) is 5.91 Å². The van der Waals surface area contributed by atoms with Gasteiger partial charge in [-0.25, -0.2) is 0 Å². The molecule has 3 aromatic carbocycles. The number of rotatable bonds is 4. The lowest BCUT2D eigenvalue weighted by atomic mass is 10.00. The van der Waals surface area contributed by atoms with E-state index in [1.165, 1.54) is 0 Å². The second-order valence-electron chi connectivity index (χ2n) is 6.77. The number of amides is 2. The Kier molecular flexibility index (Phi) is 4.49. The number of primary amides is 1. The highest BCUT2D eigenvalue weighted by Crippen LogP contribution is 2.28.